The highest BCUT2D eigenvalue weighted by Crippen LogP contribution is 2.27. The molecule has 0 aliphatic carbocycles. The quantitative estimate of drug-likeness (QED) is 0.804. The van der Waals surface area contributed by atoms with Crippen LogP contribution in [-0.4, -0.2) is 43.0 Å². The fourth-order valence-electron chi connectivity index (χ4n) is 3.43. The van der Waals surface area contributed by atoms with Gasteiger partial charge in [-0.1, -0.05) is 17.7 Å². The van der Waals surface area contributed by atoms with E-state index in [1.165, 1.54) is 0 Å². The number of amides is 2. The van der Waals surface area contributed by atoms with Crippen LogP contribution in [0.15, 0.2) is 48.5 Å². The fourth-order valence-corrected chi connectivity index (χ4v) is 3.56. The van der Waals surface area contributed by atoms with Gasteiger partial charge in [0.1, 0.15) is 17.6 Å². The highest BCUT2D eigenvalue weighted by atomic mass is 35.5. The largest absolute Gasteiger partial charge is 0.497 e. The van der Waals surface area contributed by atoms with E-state index >= 15 is 0 Å². The van der Waals surface area contributed by atoms with Crippen LogP contribution < -0.4 is 15.2 Å². The number of benzene rings is 2. The third-order valence-corrected chi connectivity index (χ3v) is 5.08. The van der Waals surface area contributed by atoms with Gasteiger partial charge in [0.25, 0.3) is 5.91 Å². The van der Waals surface area contributed by atoms with Crippen LogP contribution in [0.3, 0.4) is 0 Å². The summed E-state index contributed by atoms with van der Waals surface area (Å²) in [5, 5.41) is 0.625. The molecule has 6 nitrogen and oxygen atoms in total. The third-order valence-electron chi connectivity index (χ3n) is 4.83. The highest BCUT2D eigenvalue weighted by Gasteiger charge is 2.34. The van der Waals surface area contributed by atoms with Gasteiger partial charge in [-0.15, -0.1) is 0 Å². The first-order valence-corrected chi connectivity index (χ1v) is 9.48. The van der Waals surface area contributed by atoms with E-state index in [4.69, 9.17) is 26.8 Å². The maximum Gasteiger partial charge on any atom is 0.254 e. The lowest BCUT2D eigenvalue weighted by atomic mass is 9.90. The lowest BCUT2D eigenvalue weighted by Crippen LogP contribution is -2.49. The summed E-state index contributed by atoms with van der Waals surface area (Å²) in [5.74, 6) is 0.608. The summed E-state index contributed by atoms with van der Waals surface area (Å²) in [7, 11) is 1.56. The predicted molar refractivity (Wildman–Crippen MR) is 107 cm³/mol. The Hall–Kier alpha value is -2.73. The van der Waals surface area contributed by atoms with Crippen molar-refractivity contribution in [2.75, 3.05) is 20.2 Å². The molecule has 1 saturated heterocycles. The minimum atomic E-state index is -0.412. The zero-order valence-corrected chi connectivity index (χ0v) is 16.4. The van der Waals surface area contributed by atoms with Gasteiger partial charge >= 0.3 is 0 Å². The number of hydrogen-bond donors (Lipinski definition) is 1. The summed E-state index contributed by atoms with van der Waals surface area (Å²) in [6.07, 6.45) is 0.555. The van der Waals surface area contributed by atoms with Gasteiger partial charge in [-0.2, -0.15) is 0 Å². The van der Waals surface area contributed by atoms with Gasteiger partial charge in [0.15, 0.2) is 0 Å². The molecule has 0 saturated carbocycles. The molecule has 7 heteroatoms. The first-order valence-electron chi connectivity index (χ1n) is 9.10. The summed E-state index contributed by atoms with van der Waals surface area (Å²) in [5.41, 5.74) is 5.99. The van der Waals surface area contributed by atoms with E-state index in [1.807, 2.05) is 0 Å². The van der Waals surface area contributed by atoms with Gasteiger partial charge in [0.2, 0.25) is 5.91 Å². The van der Waals surface area contributed by atoms with Crippen molar-refractivity contribution in [3.8, 4) is 11.5 Å². The van der Waals surface area contributed by atoms with Crippen LogP contribution in [0.4, 0.5) is 0 Å². The number of nitrogens with zero attached hydrogens (tertiary/aromatic N) is 1. The second-order valence-electron chi connectivity index (χ2n) is 6.81. The Labute approximate surface area is 169 Å². The zero-order valence-electron chi connectivity index (χ0n) is 15.6. The standard InChI is InChI=1S/C21H23ClN2O4/c1-27-18-4-2-3-14(11-18)21(26)24-10-9-19(15(13-24)12-20(23)25)28-17-7-5-16(22)6-8-17/h2-8,11,15,19H,9-10,12-13H2,1H3,(H2,23,25)/t15-,19-/m0/s1. The Morgan fingerprint density at radius 3 is 2.61 bits per heavy atom. The SMILES string of the molecule is COc1cccc(C(=O)N2CC[C@H](Oc3ccc(Cl)cc3)[C@@H](CC(N)=O)C2)c1. The normalized spacial score (nSPS) is 19.1. The van der Waals surface area contributed by atoms with Crippen LogP contribution in [0, 0.1) is 5.92 Å². The van der Waals surface area contributed by atoms with Crippen molar-refractivity contribution in [3.63, 3.8) is 0 Å². The van der Waals surface area contributed by atoms with Gasteiger partial charge < -0.3 is 20.1 Å². The van der Waals surface area contributed by atoms with Crippen LogP contribution in [-0.2, 0) is 4.79 Å². The molecule has 0 unspecified atom stereocenters. The molecule has 0 radical (unpaired) electrons. The molecule has 0 aromatic heterocycles. The molecule has 1 aliphatic heterocycles. The minimum absolute atomic E-state index is 0.0988. The number of carbonyl (C=O) groups is 2. The van der Waals surface area contributed by atoms with Crippen LogP contribution in [0.5, 0.6) is 11.5 Å². The smallest absolute Gasteiger partial charge is 0.254 e. The van der Waals surface area contributed by atoms with Crippen molar-refractivity contribution in [1.29, 1.82) is 0 Å². The van der Waals surface area contributed by atoms with Crippen LogP contribution in [0.2, 0.25) is 5.02 Å². The Morgan fingerprint density at radius 2 is 1.93 bits per heavy atom. The van der Waals surface area contributed by atoms with Crippen molar-refractivity contribution < 1.29 is 19.1 Å². The number of nitrogens with two attached hydrogens (primary N) is 1. The van der Waals surface area contributed by atoms with E-state index in [0.29, 0.717) is 41.6 Å². The maximum absolute atomic E-state index is 12.9. The molecule has 3 rings (SSSR count). The molecule has 2 aromatic carbocycles. The summed E-state index contributed by atoms with van der Waals surface area (Å²) < 4.78 is 11.3. The number of piperidine rings is 1. The Kier molecular flexibility index (Phi) is 6.41. The van der Waals surface area contributed by atoms with E-state index in [1.54, 1.807) is 60.5 Å². The van der Waals surface area contributed by atoms with Crippen molar-refractivity contribution in [2.45, 2.75) is 18.9 Å². The molecular weight excluding hydrogens is 380 g/mol. The number of hydrogen-bond acceptors (Lipinski definition) is 4. The number of primary amides is 1. The Bertz CT molecular complexity index is 841. The summed E-state index contributed by atoms with van der Waals surface area (Å²) in [4.78, 5) is 26.2. The van der Waals surface area contributed by atoms with Gasteiger partial charge in [-0.05, 0) is 42.5 Å². The summed E-state index contributed by atoms with van der Waals surface area (Å²) >= 11 is 5.92. The van der Waals surface area contributed by atoms with Crippen molar-refractivity contribution in [3.05, 3.63) is 59.1 Å². The average molecular weight is 403 g/mol. The minimum Gasteiger partial charge on any atom is -0.497 e. The number of ether oxygens (including phenoxy) is 2. The van der Waals surface area contributed by atoms with Crippen molar-refractivity contribution in [1.82, 2.24) is 4.90 Å². The molecule has 2 aromatic rings. The van der Waals surface area contributed by atoms with Crippen LogP contribution in [0.1, 0.15) is 23.2 Å². The third kappa shape index (κ3) is 4.95. The Morgan fingerprint density at radius 1 is 1.18 bits per heavy atom. The molecule has 1 aliphatic rings. The first-order chi connectivity index (χ1) is 13.5. The number of halogens is 1. The van der Waals surface area contributed by atoms with E-state index in [9.17, 15) is 9.59 Å². The first kappa shape index (κ1) is 20.0. The maximum atomic E-state index is 12.9. The molecule has 0 bridgehead atoms. The van der Waals surface area contributed by atoms with E-state index in [-0.39, 0.29) is 24.3 Å². The van der Waals surface area contributed by atoms with Crippen LogP contribution >= 0.6 is 11.6 Å². The number of methoxy groups -OCH3 is 1. The lowest BCUT2D eigenvalue weighted by Gasteiger charge is -2.38. The van der Waals surface area contributed by atoms with Crippen molar-refractivity contribution in [2.24, 2.45) is 11.7 Å². The summed E-state index contributed by atoms with van der Waals surface area (Å²) in [6, 6.07) is 14.1. The molecule has 148 valence electrons. The number of likely N-dealkylation sites (tertiary alicyclic amines) is 1. The van der Waals surface area contributed by atoms with Gasteiger partial charge in [0, 0.05) is 42.4 Å². The predicted octanol–water partition coefficient (Wildman–Crippen LogP) is 3.13. The Balaban J connectivity index is 1.72. The second kappa shape index (κ2) is 8.97. The second-order valence-corrected chi connectivity index (χ2v) is 7.25. The van der Waals surface area contributed by atoms with Gasteiger partial charge in [-0.25, -0.2) is 0 Å². The molecular formula is C21H23ClN2O4. The highest BCUT2D eigenvalue weighted by molar-refractivity contribution is 6.30. The monoisotopic (exact) mass is 402 g/mol. The van der Waals surface area contributed by atoms with E-state index in [0.717, 1.165) is 0 Å². The summed E-state index contributed by atoms with van der Waals surface area (Å²) in [6.45, 7) is 0.931. The number of rotatable bonds is 6. The molecule has 2 N–H and O–H groups in total. The molecule has 0 spiro atoms. The fraction of sp³-hybridized carbons (Fsp3) is 0.333. The van der Waals surface area contributed by atoms with Gasteiger partial charge in [-0.3, -0.25) is 9.59 Å². The van der Waals surface area contributed by atoms with Crippen LogP contribution in [0.25, 0.3) is 0 Å². The molecule has 2 amide bonds. The van der Waals surface area contributed by atoms with E-state index in [2.05, 4.69) is 0 Å². The average Bonchev–Trinajstić information content (AvgIpc) is 2.70. The zero-order chi connectivity index (χ0) is 20.1. The number of carbonyl (C=O) groups excluding carboxylic acids is 2. The topological polar surface area (TPSA) is 81.9 Å². The molecule has 2 atom stereocenters. The van der Waals surface area contributed by atoms with E-state index < -0.39 is 5.91 Å². The van der Waals surface area contributed by atoms with Crippen molar-refractivity contribution >= 4 is 23.4 Å². The molecule has 1 fully saturated rings. The molecule has 28 heavy (non-hydrogen) atoms. The lowest BCUT2D eigenvalue weighted by molar-refractivity contribution is -0.120. The molecule has 1 heterocycles. The van der Waals surface area contributed by atoms with Gasteiger partial charge in [0.05, 0.1) is 7.11 Å².